The third kappa shape index (κ3) is 2.38. The Morgan fingerprint density at radius 2 is 2.06 bits per heavy atom. The maximum atomic E-state index is 4.50. The van der Waals surface area contributed by atoms with Gasteiger partial charge in [-0.15, -0.1) is 5.10 Å². The van der Waals surface area contributed by atoms with Crippen molar-refractivity contribution in [2.24, 2.45) is 0 Å². The van der Waals surface area contributed by atoms with E-state index in [9.17, 15) is 0 Å². The highest BCUT2D eigenvalue weighted by molar-refractivity contribution is 7.09. The largest absolute Gasteiger partial charge is 0.369 e. The number of rotatable bonds is 4. The van der Waals surface area contributed by atoms with E-state index in [1.165, 1.54) is 11.5 Å². The summed E-state index contributed by atoms with van der Waals surface area (Å²) in [5.41, 5.74) is 2.04. The molecule has 2 aromatic heterocycles. The van der Waals surface area contributed by atoms with Crippen LogP contribution < -0.4 is 5.32 Å². The molecule has 1 N–H and O–H groups in total. The summed E-state index contributed by atoms with van der Waals surface area (Å²) in [5.74, 6) is 0. The highest BCUT2D eigenvalue weighted by Crippen LogP contribution is 2.11. The van der Waals surface area contributed by atoms with E-state index in [4.69, 9.17) is 0 Å². The Kier molecular flexibility index (Phi) is 3.01. The minimum Gasteiger partial charge on any atom is -0.369 e. The highest BCUT2D eigenvalue weighted by atomic mass is 32.1. The van der Waals surface area contributed by atoms with Crippen molar-refractivity contribution < 1.29 is 0 Å². The van der Waals surface area contributed by atoms with E-state index in [-0.39, 0.29) is 0 Å². The van der Waals surface area contributed by atoms with Crippen molar-refractivity contribution in [2.45, 2.75) is 6.54 Å². The molecule has 0 fully saturated rings. The SMILES string of the molecule is c1ccc(-n2ccc(CNc3cnns3)n2)cc1. The Morgan fingerprint density at radius 1 is 1.17 bits per heavy atom. The lowest BCUT2D eigenvalue weighted by Gasteiger charge is -2.00. The van der Waals surface area contributed by atoms with Crippen LogP contribution in [0, 0.1) is 0 Å². The van der Waals surface area contributed by atoms with Crippen molar-refractivity contribution in [3.63, 3.8) is 0 Å². The Bertz CT molecular complexity index is 602. The Hall–Kier alpha value is -2.21. The summed E-state index contributed by atoms with van der Waals surface area (Å²) in [5, 5.41) is 12.4. The molecule has 5 nitrogen and oxygen atoms in total. The van der Waals surface area contributed by atoms with E-state index in [1.54, 1.807) is 6.20 Å². The molecule has 0 spiro atoms. The van der Waals surface area contributed by atoms with Gasteiger partial charge in [-0.2, -0.15) is 5.10 Å². The lowest BCUT2D eigenvalue weighted by molar-refractivity contribution is 0.844. The first-order chi connectivity index (χ1) is 8.92. The van der Waals surface area contributed by atoms with Gasteiger partial charge in [-0.3, -0.25) is 0 Å². The second-order valence-electron chi connectivity index (χ2n) is 3.72. The Morgan fingerprint density at radius 3 is 2.83 bits per heavy atom. The molecule has 3 aromatic rings. The third-order valence-electron chi connectivity index (χ3n) is 2.47. The molecule has 18 heavy (non-hydrogen) atoms. The van der Waals surface area contributed by atoms with Crippen LogP contribution in [0.5, 0.6) is 0 Å². The van der Waals surface area contributed by atoms with Gasteiger partial charge in [0, 0.05) is 17.7 Å². The zero-order valence-corrected chi connectivity index (χ0v) is 10.3. The van der Waals surface area contributed by atoms with Gasteiger partial charge in [-0.05, 0) is 18.2 Å². The number of benzene rings is 1. The van der Waals surface area contributed by atoms with Crippen LogP contribution in [0.4, 0.5) is 5.00 Å². The van der Waals surface area contributed by atoms with E-state index in [1.807, 2.05) is 47.3 Å². The van der Waals surface area contributed by atoms with Crippen LogP contribution in [0.15, 0.2) is 48.8 Å². The van der Waals surface area contributed by atoms with Crippen LogP contribution in [0.3, 0.4) is 0 Å². The van der Waals surface area contributed by atoms with Crippen molar-refractivity contribution in [2.75, 3.05) is 5.32 Å². The van der Waals surface area contributed by atoms with Crippen LogP contribution in [0.2, 0.25) is 0 Å². The fraction of sp³-hybridized carbons (Fsp3) is 0.0833. The number of para-hydroxylation sites is 1. The van der Waals surface area contributed by atoms with Crippen LogP contribution in [-0.2, 0) is 6.54 Å². The van der Waals surface area contributed by atoms with Crippen LogP contribution in [-0.4, -0.2) is 19.4 Å². The summed E-state index contributed by atoms with van der Waals surface area (Å²) in [7, 11) is 0. The number of nitrogens with one attached hydrogen (secondary N) is 1. The lowest BCUT2D eigenvalue weighted by Crippen LogP contribution is -2.00. The average molecular weight is 257 g/mol. The lowest BCUT2D eigenvalue weighted by atomic mass is 10.3. The van der Waals surface area contributed by atoms with Gasteiger partial charge in [0.1, 0.15) is 5.00 Å². The van der Waals surface area contributed by atoms with E-state index in [2.05, 4.69) is 20.0 Å². The molecule has 2 heterocycles. The minimum atomic E-state index is 0.670. The second-order valence-corrected chi connectivity index (χ2v) is 4.51. The fourth-order valence-electron chi connectivity index (χ4n) is 1.60. The van der Waals surface area contributed by atoms with Crippen molar-refractivity contribution in [1.82, 2.24) is 19.4 Å². The molecule has 6 heteroatoms. The molecule has 0 saturated carbocycles. The first-order valence-electron chi connectivity index (χ1n) is 5.53. The molecule has 1 aromatic carbocycles. The quantitative estimate of drug-likeness (QED) is 0.779. The molecule has 0 atom stereocenters. The first kappa shape index (κ1) is 10.9. The van der Waals surface area contributed by atoms with Crippen molar-refractivity contribution in [3.8, 4) is 5.69 Å². The molecule has 0 radical (unpaired) electrons. The molecular formula is C12H11N5S. The molecule has 0 amide bonds. The summed E-state index contributed by atoms with van der Waals surface area (Å²) in [4.78, 5) is 0. The molecule has 0 aliphatic carbocycles. The van der Waals surface area contributed by atoms with Crippen molar-refractivity contribution >= 4 is 16.5 Å². The number of hydrogen-bond donors (Lipinski definition) is 1. The molecule has 90 valence electrons. The number of nitrogens with zero attached hydrogens (tertiary/aromatic N) is 4. The molecule has 0 aliphatic rings. The zero-order chi connectivity index (χ0) is 12.2. The van der Waals surface area contributed by atoms with Gasteiger partial charge in [0.05, 0.1) is 24.1 Å². The fourth-order valence-corrected chi connectivity index (χ4v) is 2.02. The minimum absolute atomic E-state index is 0.670. The monoisotopic (exact) mass is 257 g/mol. The molecular weight excluding hydrogens is 246 g/mol. The standard InChI is InChI=1S/C12H11N5S/c1-2-4-11(5-3-1)17-7-6-10(15-17)8-13-12-9-14-16-18-12/h1-7,9,13H,8H2. The van der Waals surface area contributed by atoms with Gasteiger partial charge in [-0.25, -0.2) is 4.68 Å². The predicted octanol–water partition coefficient (Wildman–Crippen LogP) is 2.34. The number of hydrogen-bond acceptors (Lipinski definition) is 5. The Labute approximate surface area is 108 Å². The second kappa shape index (κ2) is 4.97. The van der Waals surface area contributed by atoms with Crippen molar-refractivity contribution in [1.29, 1.82) is 0 Å². The predicted molar refractivity (Wildman–Crippen MR) is 70.8 cm³/mol. The number of aromatic nitrogens is 4. The summed E-state index contributed by atoms with van der Waals surface area (Å²) < 4.78 is 5.65. The van der Waals surface area contributed by atoms with Crippen molar-refractivity contribution in [3.05, 3.63) is 54.5 Å². The van der Waals surface area contributed by atoms with Gasteiger partial charge < -0.3 is 5.32 Å². The molecule has 0 saturated heterocycles. The molecule has 3 rings (SSSR count). The van der Waals surface area contributed by atoms with Crippen LogP contribution in [0.1, 0.15) is 5.69 Å². The first-order valence-corrected chi connectivity index (χ1v) is 6.30. The number of anilines is 1. The normalized spacial score (nSPS) is 10.4. The maximum Gasteiger partial charge on any atom is 0.130 e. The van der Waals surface area contributed by atoms with E-state index < -0.39 is 0 Å². The topological polar surface area (TPSA) is 55.6 Å². The molecule has 0 bridgehead atoms. The average Bonchev–Trinajstić information content (AvgIpc) is 3.09. The van der Waals surface area contributed by atoms with Gasteiger partial charge in [-0.1, -0.05) is 22.7 Å². The summed E-state index contributed by atoms with van der Waals surface area (Å²) in [6, 6.07) is 12.0. The Balaban J connectivity index is 1.70. The summed E-state index contributed by atoms with van der Waals surface area (Å²) >= 11 is 1.34. The van der Waals surface area contributed by atoms with Gasteiger partial charge in [0.2, 0.25) is 0 Å². The van der Waals surface area contributed by atoms with Gasteiger partial charge >= 0.3 is 0 Å². The molecule has 0 unspecified atom stereocenters. The summed E-state index contributed by atoms with van der Waals surface area (Å²) in [6.07, 6.45) is 3.66. The molecule has 0 aliphatic heterocycles. The van der Waals surface area contributed by atoms with Crippen LogP contribution in [0.25, 0.3) is 5.69 Å². The summed E-state index contributed by atoms with van der Waals surface area (Å²) in [6.45, 7) is 0.670. The highest BCUT2D eigenvalue weighted by Gasteiger charge is 2.01. The van der Waals surface area contributed by atoms with Crippen LogP contribution >= 0.6 is 11.5 Å². The third-order valence-corrected chi connectivity index (χ3v) is 3.09. The van der Waals surface area contributed by atoms with Gasteiger partial charge in [0.15, 0.2) is 0 Å². The smallest absolute Gasteiger partial charge is 0.130 e. The maximum absolute atomic E-state index is 4.50. The van der Waals surface area contributed by atoms with E-state index in [0.29, 0.717) is 6.54 Å². The van der Waals surface area contributed by atoms with Gasteiger partial charge in [0.25, 0.3) is 0 Å². The van der Waals surface area contributed by atoms with E-state index >= 15 is 0 Å². The van der Waals surface area contributed by atoms with E-state index in [0.717, 1.165) is 16.4 Å². The zero-order valence-electron chi connectivity index (χ0n) is 9.52.